The first-order valence-corrected chi connectivity index (χ1v) is 23.0. The molecule has 0 amide bonds. The molecule has 0 atom stereocenters. The minimum absolute atomic E-state index is 0.691. The molecule has 5 heterocycles. The van der Waals surface area contributed by atoms with Crippen LogP contribution in [0.4, 0.5) is 5.69 Å². The number of fused-ring (bicyclic) bond motifs is 12. The van der Waals surface area contributed by atoms with E-state index in [1.54, 1.807) is 0 Å². The van der Waals surface area contributed by atoms with Crippen molar-refractivity contribution in [1.82, 2.24) is 9.55 Å². The Hall–Kier alpha value is -8.25. The highest BCUT2D eigenvalue weighted by Gasteiger charge is 2.25. The van der Waals surface area contributed by atoms with Crippen LogP contribution in [-0.4, -0.2) is 16.1 Å². The Kier molecular flexibility index (Phi) is 7.88. The Morgan fingerprint density at radius 3 is 2.06 bits per heavy atom. The molecule has 0 unspecified atom stereocenters. The molecule has 1 aliphatic heterocycles. The van der Waals surface area contributed by atoms with Gasteiger partial charge in [0.15, 0.2) is 5.58 Å². The molecule has 65 heavy (non-hydrogen) atoms. The molecule has 0 saturated heterocycles. The van der Waals surface area contributed by atoms with E-state index in [1.165, 1.54) is 47.6 Å². The zero-order valence-electron chi connectivity index (χ0n) is 35.0. The zero-order valence-corrected chi connectivity index (χ0v) is 35.9. The first kappa shape index (κ1) is 36.3. The van der Waals surface area contributed by atoms with Crippen molar-refractivity contribution >= 4 is 97.4 Å². The van der Waals surface area contributed by atoms with Gasteiger partial charge < -0.3 is 14.3 Å². The molecule has 0 radical (unpaired) electrons. The van der Waals surface area contributed by atoms with Crippen molar-refractivity contribution in [1.29, 1.82) is 0 Å². The molecule has 14 rings (SSSR count). The monoisotopic (exact) mass is 847 g/mol. The molecule has 1 aliphatic rings. The van der Waals surface area contributed by atoms with Gasteiger partial charge in [0.2, 0.25) is 0 Å². The number of nitrogens with one attached hydrogen (secondary N) is 1. The molecule has 5 heteroatoms. The summed E-state index contributed by atoms with van der Waals surface area (Å²) in [5.74, 6) is 0. The lowest BCUT2D eigenvalue weighted by Crippen LogP contribution is -2.10. The number of pyridine rings is 1. The van der Waals surface area contributed by atoms with Crippen LogP contribution >= 0.6 is 11.3 Å². The van der Waals surface area contributed by atoms with Gasteiger partial charge in [-0.1, -0.05) is 140 Å². The summed E-state index contributed by atoms with van der Waals surface area (Å²) >= 11 is 1.86. The maximum absolute atomic E-state index is 7.21. The van der Waals surface area contributed by atoms with Crippen LogP contribution in [-0.2, 0) is 0 Å². The highest BCUT2D eigenvalue weighted by Crippen LogP contribution is 2.46. The largest absolute Gasteiger partial charge is 0.454 e. The molecule has 9 aromatic carbocycles. The fourth-order valence-electron chi connectivity index (χ4n) is 10.4. The predicted molar refractivity (Wildman–Crippen MR) is 275 cm³/mol. The van der Waals surface area contributed by atoms with Crippen molar-refractivity contribution < 1.29 is 4.42 Å². The topological polar surface area (TPSA) is 43.0 Å². The molecular formula is C60H37N3OS. The number of para-hydroxylation sites is 2. The lowest BCUT2D eigenvalue weighted by atomic mass is 9.87. The second kappa shape index (κ2) is 14.1. The zero-order chi connectivity index (χ0) is 42.6. The molecule has 0 aliphatic carbocycles. The fraction of sp³-hybridized carbons (Fsp3) is 0.0167. The van der Waals surface area contributed by atoms with E-state index in [0.717, 1.165) is 88.6 Å². The van der Waals surface area contributed by atoms with Crippen LogP contribution in [0, 0.1) is 0 Å². The average molecular weight is 848 g/mol. The van der Waals surface area contributed by atoms with Crippen molar-refractivity contribution in [2.45, 2.75) is 0 Å². The van der Waals surface area contributed by atoms with Gasteiger partial charge in [-0.3, -0.25) is 4.98 Å². The van der Waals surface area contributed by atoms with Gasteiger partial charge in [0.25, 0.3) is 0 Å². The van der Waals surface area contributed by atoms with Crippen LogP contribution in [0.5, 0.6) is 0 Å². The summed E-state index contributed by atoms with van der Waals surface area (Å²) in [6.45, 7) is 0.691. The summed E-state index contributed by atoms with van der Waals surface area (Å²) in [4.78, 5) is 4.94. The van der Waals surface area contributed by atoms with Gasteiger partial charge >= 0.3 is 0 Å². The standard InChI is InChI=1S/C60H37N3OS/c1-3-12-36(13-4-1)40-31-49(42-28-29-61-59-46(42)25-26-51-50(59)32-41(35-62-51)37-14-5-2-6-15-37)58-47-18-11-20-54(60(47)64-55(58)33-40)63-52-19-9-7-16-43(52)48-30-38(23-27-53(48)63)39-22-24-45-44-17-8-10-21-56(44)65-57(45)34-39/h1-28,30-35,61H,29H2. The average Bonchev–Trinajstić information content (AvgIpc) is 4.05. The van der Waals surface area contributed by atoms with Crippen LogP contribution in [0.1, 0.15) is 11.1 Å². The summed E-state index contributed by atoms with van der Waals surface area (Å²) in [5.41, 5.74) is 17.5. The first-order chi connectivity index (χ1) is 32.2. The number of thiophene rings is 1. The quantitative estimate of drug-likeness (QED) is 0.188. The van der Waals surface area contributed by atoms with Crippen LogP contribution in [0.15, 0.2) is 211 Å². The normalized spacial score (nSPS) is 12.8. The number of anilines is 1. The van der Waals surface area contributed by atoms with E-state index >= 15 is 0 Å². The molecule has 0 bridgehead atoms. The Bertz CT molecular complexity index is 4120. The van der Waals surface area contributed by atoms with Crippen molar-refractivity contribution in [3.05, 3.63) is 218 Å². The van der Waals surface area contributed by atoms with Gasteiger partial charge in [0, 0.05) is 71.0 Å². The fourth-order valence-corrected chi connectivity index (χ4v) is 11.6. The van der Waals surface area contributed by atoms with E-state index in [0.29, 0.717) is 6.54 Å². The van der Waals surface area contributed by atoms with Crippen LogP contribution in [0.3, 0.4) is 0 Å². The summed E-state index contributed by atoms with van der Waals surface area (Å²) in [6, 6.07) is 70.3. The number of aromatic nitrogens is 2. The predicted octanol–water partition coefficient (Wildman–Crippen LogP) is 16.5. The van der Waals surface area contributed by atoms with Crippen molar-refractivity contribution in [2.75, 3.05) is 11.9 Å². The SMILES string of the molecule is C1=C(c2cc(-c3ccccc3)cc3oc4c(-n5c6ccccc6c6cc(-c7ccc8c(c7)sc7ccccc78)ccc65)cccc4c23)c2ccc3ncc(-c4ccccc4)cc3c2NC1. The highest BCUT2D eigenvalue weighted by molar-refractivity contribution is 7.25. The van der Waals surface area contributed by atoms with Gasteiger partial charge in [0.05, 0.1) is 27.9 Å². The Morgan fingerprint density at radius 1 is 0.477 bits per heavy atom. The van der Waals surface area contributed by atoms with Crippen molar-refractivity contribution in [2.24, 2.45) is 0 Å². The molecule has 1 N–H and O–H groups in total. The van der Waals surface area contributed by atoms with Gasteiger partial charge in [-0.2, -0.15) is 0 Å². The minimum Gasteiger partial charge on any atom is -0.454 e. The molecule has 13 aromatic rings. The molecule has 0 spiro atoms. The van der Waals surface area contributed by atoms with E-state index in [1.807, 2.05) is 17.5 Å². The Morgan fingerprint density at radius 2 is 1.18 bits per heavy atom. The van der Waals surface area contributed by atoms with E-state index in [9.17, 15) is 0 Å². The second-order valence-corrected chi connectivity index (χ2v) is 18.1. The Balaban J connectivity index is 0.969. The molecule has 4 nitrogen and oxygen atoms in total. The molecule has 0 saturated carbocycles. The summed E-state index contributed by atoms with van der Waals surface area (Å²) in [6.07, 6.45) is 4.31. The summed E-state index contributed by atoms with van der Waals surface area (Å²) < 4.78 is 12.2. The number of nitrogens with zero attached hydrogens (tertiary/aromatic N) is 2. The van der Waals surface area contributed by atoms with E-state index in [2.05, 4.69) is 210 Å². The molecule has 304 valence electrons. The lowest BCUT2D eigenvalue weighted by molar-refractivity contribution is 0.666. The maximum atomic E-state index is 7.21. The number of rotatable bonds is 5. The van der Waals surface area contributed by atoms with E-state index in [-0.39, 0.29) is 0 Å². The second-order valence-electron chi connectivity index (χ2n) is 17.1. The van der Waals surface area contributed by atoms with E-state index in [4.69, 9.17) is 9.40 Å². The number of furan rings is 1. The first-order valence-electron chi connectivity index (χ1n) is 22.1. The number of benzene rings is 9. The molecule has 4 aromatic heterocycles. The summed E-state index contributed by atoms with van der Waals surface area (Å²) in [5, 5.41) is 12.1. The van der Waals surface area contributed by atoms with Gasteiger partial charge in [-0.15, -0.1) is 11.3 Å². The van der Waals surface area contributed by atoms with Crippen LogP contribution in [0.25, 0.3) is 119 Å². The van der Waals surface area contributed by atoms with Crippen LogP contribution < -0.4 is 5.32 Å². The number of hydrogen-bond donors (Lipinski definition) is 1. The smallest absolute Gasteiger partial charge is 0.159 e. The van der Waals surface area contributed by atoms with Crippen LogP contribution in [0.2, 0.25) is 0 Å². The number of hydrogen-bond acceptors (Lipinski definition) is 4. The van der Waals surface area contributed by atoms with E-state index < -0.39 is 0 Å². The van der Waals surface area contributed by atoms with Gasteiger partial charge in [0.1, 0.15) is 5.58 Å². The third kappa shape index (κ3) is 5.59. The minimum atomic E-state index is 0.691. The van der Waals surface area contributed by atoms with Gasteiger partial charge in [-0.25, -0.2) is 0 Å². The highest BCUT2D eigenvalue weighted by atomic mass is 32.1. The third-order valence-electron chi connectivity index (χ3n) is 13.4. The summed E-state index contributed by atoms with van der Waals surface area (Å²) in [7, 11) is 0. The van der Waals surface area contributed by atoms with Gasteiger partial charge in [-0.05, 0) is 99.6 Å². The lowest BCUT2D eigenvalue weighted by Gasteiger charge is -2.23. The maximum Gasteiger partial charge on any atom is 0.159 e. The third-order valence-corrected chi connectivity index (χ3v) is 14.6. The Labute approximate surface area is 378 Å². The van der Waals surface area contributed by atoms with Crippen molar-refractivity contribution in [3.8, 4) is 39.1 Å². The molecule has 0 fully saturated rings. The molecular weight excluding hydrogens is 811 g/mol. The van der Waals surface area contributed by atoms with Crippen molar-refractivity contribution in [3.63, 3.8) is 0 Å².